The fourth-order valence-electron chi connectivity index (χ4n) is 4.42. The molecular formula is C25H30N2O4. The summed E-state index contributed by atoms with van der Waals surface area (Å²) in [5, 5.41) is 0.831. The van der Waals surface area contributed by atoms with Gasteiger partial charge in [0.15, 0.2) is 0 Å². The van der Waals surface area contributed by atoms with Gasteiger partial charge in [0.25, 0.3) is 0 Å². The van der Waals surface area contributed by atoms with Crippen molar-refractivity contribution < 1.29 is 18.9 Å². The van der Waals surface area contributed by atoms with Crippen LogP contribution in [0.3, 0.4) is 0 Å². The van der Waals surface area contributed by atoms with Gasteiger partial charge in [0, 0.05) is 5.92 Å². The van der Waals surface area contributed by atoms with Crippen molar-refractivity contribution in [2.75, 3.05) is 14.2 Å². The maximum absolute atomic E-state index is 6.58. The summed E-state index contributed by atoms with van der Waals surface area (Å²) in [7, 11) is 3.14. The molecule has 164 valence electrons. The number of aromatic nitrogens is 2. The number of nitrogens with zero attached hydrogens (tertiary/aromatic N) is 2. The van der Waals surface area contributed by atoms with Crippen molar-refractivity contribution in [3.63, 3.8) is 0 Å². The molecule has 1 fully saturated rings. The minimum atomic E-state index is -0.481. The molecule has 0 amide bonds. The molecule has 0 saturated carbocycles. The molecule has 2 heterocycles. The van der Waals surface area contributed by atoms with Crippen LogP contribution >= 0.6 is 0 Å². The van der Waals surface area contributed by atoms with Crippen molar-refractivity contribution in [1.29, 1.82) is 0 Å². The molecule has 31 heavy (non-hydrogen) atoms. The lowest BCUT2D eigenvalue weighted by Crippen LogP contribution is -2.39. The van der Waals surface area contributed by atoms with Gasteiger partial charge in [-0.05, 0) is 36.6 Å². The van der Waals surface area contributed by atoms with E-state index in [1.807, 2.05) is 30.3 Å². The summed E-state index contributed by atoms with van der Waals surface area (Å²) in [5.41, 5.74) is 2.44. The third-order valence-corrected chi connectivity index (χ3v) is 6.43. The van der Waals surface area contributed by atoms with Crippen molar-refractivity contribution in [3.8, 4) is 11.9 Å². The average Bonchev–Trinajstić information content (AvgIpc) is 3.07. The highest BCUT2D eigenvalue weighted by Gasteiger charge is 2.52. The second-order valence-electron chi connectivity index (χ2n) is 8.21. The quantitative estimate of drug-likeness (QED) is 0.527. The second kappa shape index (κ2) is 8.81. The third kappa shape index (κ3) is 3.98. The number of hydrogen-bond donors (Lipinski definition) is 0. The van der Waals surface area contributed by atoms with Gasteiger partial charge in [-0.1, -0.05) is 50.2 Å². The molecule has 1 aliphatic rings. The Kier molecular flexibility index (Phi) is 6.12. The topological polar surface area (TPSA) is 62.7 Å². The van der Waals surface area contributed by atoms with E-state index >= 15 is 0 Å². The van der Waals surface area contributed by atoms with Gasteiger partial charge in [0.05, 0.1) is 37.8 Å². The number of fused-ring (bicyclic) bond motifs is 1. The van der Waals surface area contributed by atoms with E-state index in [0.29, 0.717) is 12.5 Å². The molecule has 2 aromatic carbocycles. The molecule has 4 atom stereocenters. The summed E-state index contributed by atoms with van der Waals surface area (Å²) in [6.07, 6.45) is 0.836. The first-order valence-corrected chi connectivity index (χ1v) is 10.7. The molecule has 1 aliphatic heterocycles. The van der Waals surface area contributed by atoms with Gasteiger partial charge >= 0.3 is 6.01 Å². The predicted octanol–water partition coefficient (Wildman–Crippen LogP) is 5.11. The number of hydrogen-bond acceptors (Lipinski definition) is 6. The van der Waals surface area contributed by atoms with Crippen LogP contribution in [0, 0.1) is 5.92 Å². The first kappa shape index (κ1) is 21.5. The van der Waals surface area contributed by atoms with Crippen LogP contribution in [-0.2, 0) is 16.1 Å². The van der Waals surface area contributed by atoms with Crippen LogP contribution < -0.4 is 9.47 Å². The minimum Gasteiger partial charge on any atom is -0.480 e. The summed E-state index contributed by atoms with van der Waals surface area (Å²) in [6.45, 7) is 7.07. The molecule has 3 aromatic rings. The summed E-state index contributed by atoms with van der Waals surface area (Å²) < 4.78 is 23.8. The molecular weight excluding hydrogens is 392 g/mol. The zero-order valence-electron chi connectivity index (χ0n) is 18.8. The van der Waals surface area contributed by atoms with Crippen molar-refractivity contribution in [1.82, 2.24) is 9.97 Å². The Hall–Kier alpha value is -2.70. The monoisotopic (exact) mass is 422 g/mol. The van der Waals surface area contributed by atoms with Crippen LogP contribution in [0.2, 0.25) is 0 Å². The van der Waals surface area contributed by atoms with E-state index in [-0.39, 0.29) is 24.1 Å². The molecule has 0 N–H and O–H groups in total. The first-order chi connectivity index (χ1) is 15.0. The maximum atomic E-state index is 6.58. The lowest BCUT2D eigenvalue weighted by atomic mass is 9.81. The molecule has 0 spiro atoms. The Labute approximate surface area is 183 Å². The van der Waals surface area contributed by atoms with Crippen molar-refractivity contribution in [2.24, 2.45) is 5.92 Å². The highest BCUT2D eigenvalue weighted by atomic mass is 16.6. The molecule has 6 nitrogen and oxygen atoms in total. The van der Waals surface area contributed by atoms with E-state index in [0.717, 1.165) is 28.5 Å². The Morgan fingerprint density at radius 2 is 1.81 bits per heavy atom. The van der Waals surface area contributed by atoms with E-state index in [9.17, 15) is 0 Å². The van der Waals surface area contributed by atoms with Gasteiger partial charge < -0.3 is 18.9 Å². The fourth-order valence-corrected chi connectivity index (χ4v) is 4.42. The Bertz CT molecular complexity index is 1040. The van der Waals surface area contributed by atoms with Crippen molar-refractivity contribution >= 4 is 10.9 Å². The SMILES string of the molecule is CC[C@H]1O[C@@H](c2ccc3c(OC)nc(OC)nc3c2)[C@](C)(OCc2ccccc2)[C@@H]1C. The Morgan fingerprint density at radius 1 is 1.03 bits per heavy atom. The summed E-state index contributed by atoms with van der Waals surface area (Å²) in [5.74, 6) is 0.722. The molecule has 0 radical (unpaired) electrons. The van der Waals surface area contributed by atoms with E-state index < -0.39 is 5.60 Å². The molecule has 1 aromatic heterocycles. The minimum absolute atomic E-state index is 0.121. The summed E-state index contributed by atoms with van der Waals surface area (Å²) >= 11 is 0. The van der Waals surface area contributed by atoms with Gasteiger partial charge in [-0.15, -0.1) is 0 Å². The fraction of sp³-hybridized carbons (Fsp3) is 0.440. The van der Waals surface area contributed by atoms with Crippen LogP contribution in [0.15, 0.2) is 48.5 Å². The van der Waals surface area contributed by atoms with Gasteiger partial charge in [0.1, 0.15) is 11.7 Å². The predicted molar refractivity (Wildman–Crippen MR) is 119 cm³/mol. The molecule has 1 saturated heterocycles. The highest BCUT2D eigenvalue weighted by molar-refractivity contribution is 5.84. The van der Waals surface area contributed by atoms with Crippen LogP contribution in [0.5, 0.6) is 11.9 Å². The van der Waals surface area contributed by atoms with Crippen LogP contribution in [0.4, 0.5) is 0 Å². The average molecular weight is 423 g/mol. The molecule has 0 unspecified atom stereocenters. The zero-order valence-corrected chi connectivity index (χ0v) is 18.8. The van der Waals surface area contributed by atoms with Crippen molar-refractivity contribution in [3.05, 3.63) is 59.7 Å². The summed E-state index contributed by atoms with van der Waals surface area (Å²) in [4.78, 5) is 8.81. The Balaban J connectivity index is 1.71. The summed E-state index contributed by atoms with van der Waals surface area (Å²) in [6, 6.07) is 16.6. The third-order valence-electron chi connectivity index (χ3n) is 6.43. The Morgan fingerprint density at radius 3 is 2.48 bits per heavy atom. The van der Waals surface area contributed by atoms with Crippen molar-refractivity contribution in [2.45, 2.75) is 51.6 Å². The number of methoxy groups -OCH3 is 2. The molecule has 0 bridgehead atoms. The van der Waals surface area contributed by atoms with Crippen LogP contribution in [-0.4, -0.2) is 35.9 Å². The van der Waals surface area contributed by atoms with E-state index in [2.05, 4.69) is 48.9 Å². The lowest BCUT2D eigenvalue weighted by Gasteiger charge is -2.34. The van der Waals surface area contributed by atoms with E-state index in [4.69, 9.17) is 18.9 Å². The second-order valence-corrected chi connectivity index (χ2v) is 8.21. The smallest absolute Gasteiger partial charge is 0.320 e. The largest absolute Gasteiger partial charge is 0.480 e. The normalized spacial score (nSPS) is 25.6. The maximum Gasteiger partial charge on any atom is 0.320 e. The first-order valence-electron chi connectivity index (χ1n) is 10.7. The van der Waals surface area contributed by atoms with E-state index in [1.54, 1.807) is 14.2 Å². The van der Waals surface area contributed by atoms with Gasteiger partial charge in [-0.2, -0.15) is 9.97 Å². The van der Waals surface area contributed by atoms with Gasteiger partial charge in [-0.3, -0.25) is 0 Å². The number of benzene rings is 2. The molecule has 4 rings (SSSR count). The highest BCUT2D eigenvalue weighted by Crippen LogP contribution is 2.49. The molecule has 6 heteroatoms. The number of ether oxygens (including phenoxy) is 4. The zero-order chi connectivity index (χ0) is 22.0. The lowest BCUT2D eigenvalue weighted by molar-refractivity contribution is -0.105. The van der Waals surface area contributed by atoms with Crippen LogP contribution in [0.1, 0.15) is 44.4 Å². The number of rotatable bonds is 7. The van der Waals surface area contributed by atoms with Gasteiger partial charge in [-0.25, -0.2) is 0 Å². The standard InChI is InChI=1S/C25H30N2O4/c1-6-21-16(2)25(3,30-15-17-10-8-7-9-11-17)22(31-21)18-12-13-19-20(14-18)26-24(29-5)27-23(19)28-4/h7-14,16,21-22H,6,15H2,1-5H3/t16-,21-,22+,25-/m1/s1. The van der Waals surface area contributed by atoms with Gasteiger partial charge in [0.2, 0.25) is 5.88 Å². The van der Waals surface area contributed by atoms with E-state index in [1.165, 1.54) is 0 Å². The molecule has 0 aliphatic carbocycles. The van der Waals surface area contributed by atoms with Crippen LogP contribution in [0.25, 0.3) is 10.9 Å².